The maximum absolute atomic E-state index is 13.3. The molecule has 2 heteroatoms. The first-order valence-electron chi connectivity index (χ1n) is 5.67. The molecule has 0 fully saturated rings. The van der Waals surface area contributed by atoms with E-state index in [2.05, 4.69) is 18.8 Å². The molecule has 0 aliphatic heterocycles. The Kier molecular flexibility index (Phi) is 4.69. The van der Waals surface area contributed by atoms with Crippen molar-refractivity contribution in [1.29, 1.82) is 0 Å². The summed E-state index contributed by atoms with van der Waals surface area (Å²) in [6.45, 7) is 10.7. The quantitative estimate of drug-likeness (QED) is 0.747. The van der Waals surface area contributed by atoms with Gasteiger partial charge in [0.2, 0.25) is 0 Å². The maximum Gasteiger partial charge on any atom is 0.123 e. The Morgan fingerprint density at radius 1 is 1.44 bits per heavy atom. The van der Waals surface area contributed by atoms with Gasteiger partial charge in [-0.25, -0.2) is 4.39 Å². The molecule has 0 saturated carbocycles. The van der Waals surface area contributed by atoms with Crippen LogP contribution in [0.3, 0.4) is 0 Å². The Bertz CT molecular complexity index is 351. The van der Waals surface area contributed by atoms with Crippen molar-refractivity contribution in [2.45, 2.75) is 33.2 Å². The largest absolute Gasteiger partial charge is 0.310 e. The van der Waals surface area contributed by atoms with Crippen LogP contribution in [0.2, 0.25) is 0 Å². The van der Waals surface area contributed by atoms with E-state index in [1.165, 1.54) is 0 Å². The number of benzene rings is 1. The Morgan fingerprint density at radius 2 is 2.12 bits per heavy atom. The third kappa shape index (κ3) is 3.78. The second kappa shape index (κ2) is 5.80. The molecule has 0 saturated heterocycles. The fourth-order valence-corrected chi connectivity index (χ4v) is 1.87. The van der Waals surface area contributed by atoms with Crippen LogP contribution in [0.1, 0.15) is 37.4 Å². The first kappa shape index (κ1) is 12.9. The predicted molar refractivity (Wildman–Crippen MR) is 67.0 cm³/mol. The lowest BCUT2D eigenvalue weighted by Gasteiger charge is -2.19. The van der Waals surface area contributed by atoms with Crippen LogP contribution >= 0.6 is 0 Å². The second-order valence-electron chi connectivity index (χ2n) is 4.33. The van der Waals surface area contributed by atoms with Gasteiger partial charge in [-0.05, 0) is 50.1 Å². The van der Waals surface area contributed by atoms with Gasteiger partial charge in [0.25, 0.3) is 0 Å². The summed E-state index contributed by atoms with van der Waals surface area (Å²) in [5, 5.41) is 3.36. The number of aryl methyl sites for hydroxylation is 1. The summed E-state index contributed by atoms with van der Waals surface area (Å²) < 4.78 is 13.3. The van der Waals surface area contributed by atoms with Crippen molar-refractivity contribution in [3.05, 3.63) is 47.3 Å². The topological polar surface area (TPSA) is 12.0 Å². The third-order valence-electron chi connectivity index (χ3n) is 2.47. The first-order chi connectivity index (χ1) is 7.52. The van der Waals surface area contributed by atoms with Crippen molar-refractivity contribution < 1.29 is 4.39 Å². The van der Waals surface area contributed by atoms with Crippen LogP contribution in [0.25, 0.3) is 0 Å². The molecular weight excluding hydrogens is 201 g/mol. The molecular formula is C14H20FN. The third-order valence-corrected chi connectivity index (χ3v) is 2.47. The van der Waals surface area contributed by atoms with Gasteiger partial charge in [0.05, 0.1) is 0 Å². The average Bonchev–Trinajstić information content (AvgIpc) is 2.14. The van der Waals surface area contributed by atoms with E-state index < -0.39 is 0 Å². The van der Waals surface area contributed by atoms with Crippen LogP contribution in [0.15, 0.2) is 30.4 Å². The molecule has 1 unspecified atom stereocenters. The van der Waals surface area contributed by atoms with Crippen molar-refractivity contribution in [3.8, 4) is 0 Å². The minimum Gasteiger partial charge on any atom is -0.310 e. The van der Waals surface area contributed by atoms with E-state index in [1.54, 1.807) is 12.1 Å². The van der Waals surface area contributed by atoms with Gasteiger partial charge in [-0.1, -0.05) is 18.6 Å². The fraction of sp³-hybridized carbons (Fsp3) is 0.429. The number of nitrogens with one attached hydrogen (secondary N) is 1. The lowest BCUT2D eigenvalue weighted by molar-refractivity contribution is 0.541. The van der Waals surface area contributed by atoms with Gasteiger partial charge >= 0.3 is 0 Å². The number of hydrogen-bond donors (Lipinski definition) is 1. The van der Waals surface area contributed by atoms with Crippen molar-refractivity contribution in [1.82, 2.24) is 5.32 Å². The SMILES string of the molecule is C=C(C)CC(NCC)c1cc(C)cc(F)c1. The van der Waals surface area contributed by atoms with Gasteiger partial charge in [-0.2, -0.15) is 0 Å². The normalized spacial score (nSPS) is 12.5. The van der Waals surface area contributed by atoms with E-state index in [-0.39, 0.29) is 11.9 Å². The van der Waals surface area contributed by atoms with Gasteiger partial charge in [-0.3, -0.25) is 0 Å². The monoisotopic (exact) mass is 221 g/mol. The Hall–Kier alpha value is -1.15. The number of halogens is 1. The highest BCUT2D eigenvalue weighted by Gasteiger charge is 2.11. The molecule has 0 heterocycles. The van der Waals surface area contributed by atoms with E-state index >= 15 is 0 Å². The lowest BCUT2D eigenvalue weighted by atomic mass is 9.98. The van der Waals surface area contributed by atoms with Gasteiger partial charge in [0.1, 0.15) is 5.82 Å². The molecule has 1 aromatic rings. The summed E-state index contributed by atoms with van der Waals surface area (Å²) in [5.41, 5.74) is 3.06. The summed E-state index contributed by atoms with van der Waals surface area (Å²) in [5.74, 6) is -0.167. The fourth-order valence-electron chi connectivity index (χ4n) is 1.87. The van der Waals surface area contributed by atoms with Crippen molar-refractivity contribution in [2.24, 2.45) is 0 Å². The lowest BCUT2D eigenvalue weighted by Crippen LogP contribution is -2.21. The molecule has 16 heavy (non-hydrogen) atoms. The zero-order chi connectivity index (χ0) is 12.1. The van der Waals surface area contributed by atoms with Crippen LogP contribution in [0, 0.1) is 12.7 Å². The Balaban J connectivity index is 2.95. The molecule has 1 nitrogen and oxygen atoms in total. The minimum atomic E-state index is -0.167. The molecule has 0 bridgehead atoms. The zero-order valence-corrected chi connectivity index (χ0v) is 10.3. The first-order valence-corrected chi connectivity index (χ1v) is 5.67. The highest BCUT2D eigenvalue weighted by molar-refractivity contribution is 5.27. The molecule has 1 atom stereocenters. The Morgan fingerprint density at radius 3 is 2.62 bits per heavy atom. The van der Waals surface area contributed by atoms with Crippen LogP contribution in [0.4, 0.5) is 4.39 Å². The van der Waals surface area contributed by atoms with E-state index in [0.29, 0.717) is 0 Å². The van der Waals surface area contributed by atoms with Crippen molar-refractivity contribution in [2.75, 3.05) is 6.54 Å². The van der Waals surface area contributed by atoms with E-state index in [9.17, 15) is 4.39 Å². The highest BCUT2D eigenvalue weighted by Crippen LogP contribution is 2.22. The van der Waals surface area contributed by atoms with Crippen molar-refractivity contribution >= 4 is 0 Å². The minimum absolute atomic E-state index is 0.164. The van der Waals surface area contributed by atoms with Gasteiger partial charge in [0.15, 0.2) is 0 Å². The molecule has 1 rings (SSSR count). The molecule has 0 aliphatic rings. The van der Waals surface area contributed by atoms with Crippen LogP contribution in [0.5, 0.6) is 0 Å². The van der Waals surface area contributed by atoms with E-state index in [1.807, 2.05) is 19.9 Å². The van der Waals surface area contributed by atoms with Crippen LogP contribution in [-0.4, -0.2) is 6.54 Å². The highest BCUT2D eigenvalue weighted by atomic mass is 19.1. The molecule has 1 N–H and O–H groups in total. The summed E-state index contributed by atoms with van der Waals surface area (Å²) in [6.07, 6.45) is 0.844. The standard InChI is InChI=1S/C14H20FN/c1-5-16-14(6-10(2)3)12-7-11(4)8-13(15)9-12/h7-9,14,16H,2,5-6H2,1,3-4H3. The van der Waals surface area contributed by atoms with Gasteiger partial charge in [0, 0.05) is 6.04 Å². The molecule has 0 aromatic heterocycles. The molecule has 0 amide bonds. The van der Waals surface area contributed by atoms with E-state index in [4.69, 9.17) is 0 Å². The molecule has 88 valence electrons. The predicted octanol–water partition coefficient (Wildman–Crippen LogP) is 3.75. The molecule has 0 aliphatic carbocycles. The number of rotatable bonds is 5. The van der Waals surface area contributed by atoms with Gasteiger partial charge < -0.3 is 5.32 Å². The summed E-state index contributed by atoms with van der Waals surface area (Å²) in [7, 11) is 0. The number of hydrogen-bond acceptors (Lipinski definition) is 1. The Labute approximate surface area is 97.4 Å². The van der Waals surface area contributed by atoms with Crippen molar-refractivity contribution in [3.63, 3.8) is 0 Å². The molecule has 0 radical (unpaired) electrons. The van der Waals surface area contributed by atoms with Gasteiger partial charge in [-0.15, -0.1) is 6.58 Å². The smallest absolute Gasteiger partial charge is 0.123 e. The van der Waals surface area contributed by atoms with Crippen LogP contribution < -0.4 is 5.32 Å². The maximum atomic E-state index is 13.3. The zero-order valence-electron chi connectivity index (χ0n) is 10.3. The van der Waals surface area contributed by atoms with Crippen LogP contribution in [-0.2, 0) is 0 Å². The second-order valence-corrected chi connectivity index (χ2v) is 4.33. The summed E-state index contributed by atoms with van der Waals surface area (Å²) in [4.78, 5) is 0. The summed E-state index contributed by atoms with van der Waals surface area (Å²) >= 11 is 0. The molecule has 0 spiro atoms. The average molecular weight is 221 g/mol. The van der Waals surface area contributed by atoms with E-state index in [0.717, 1.165) is 29.7 Å². The molecule has 1 aromatic carbocycles. The summed E-state index contributed by atoms with van der Waals surface area (Å²) in [6, 6.07) is 5.34.